The van der Waals surface area contributed by atoms with E-state index in [1.807, 2.05) is 30.3 Å². The zero-order valence-electron chi connectivity index (χ0n) is 17.5. The number of rotatable bonds is 7. The highest BCUT2D eigenvalue weighted by atomic mass is 35.5. The number of nitrogens with zero attached hydrogens (tertiary/aromatic N) is 2. The number of sulfonamides is 1. The van der Waals surface area contributed by atoms with Crippen molar-refractivity contribution in [3.63, 3.8) is 0 Å². The third-order valence-electron chi connectivity index (χ3n) is 4.98. The summed E-state index contributed by atoms with van der Waals surface area (Å²) in [6, 6.07) is 30.1. The molecule has 0 N–H and O–H groups in total. The van der Waals surface area contributed by atoms with Crippen molar-refractivity contribution in [2.75, 3.05) is 4.31 Å². The van der Waals surface area contributed by atoms with Crippen molar-refractivity contribution in [3.05, 3.63) is 124 Å². The number of halogens is 2. The second-order valence-electron chi connectivity index (χ2n) is 7.22. The van der Waals surface area contributed by atoms with Crippen LogP contribution in [-0.4, -0.2) is 14.6 Å². The Labute approximate surface area is 203 Å². The van der Waals surface area contributed by atoms with E-state index in [-0.39, 0.29) is 11.4 Å². The smallest absolute Gasteiger partial charge is 0.262 e. The molecule has 0 aliphatic heterocycles. The third kappa shape index (κ3) is 5.45. The fraction of sp³-hybridized carbons (Fsp3) is 0.0385. The van der Waals surface area contributed by atoms with Gasteiger partial charge in [0.25, 0.3) is 10.0 Å². The van der Waals surface area contributed by atoms with Crippen LogP contribution in [0.3, 0.4) is 0 Å². The Hall–Kier alpha value is -3.12. The summed E-state index contributed by atoms with van der Waals surface area (Å²) in [5, 5.41) is 1.01. The summed E-state index contributed by atoms with van der Waals surface area (Å²) in [6.45, 7) is 0.204. The number of hydrogen-bond donors (Lipinski definition) is 0. The highest BCUT2D eigenvalue weighted by Crippen LogP contribution is 2.28. The van der Waals surface area contributed by atoms with Crippen molar-refractivity contribution in [1.29, 1.82) is 0 Å². The van der Waals surface area contributed by atoms with Crippen molar-refractivity contribution in [1.82, 2.24) is 0 Å². The van der Waals surface area contributed by atoms with Gasteiger partial charge in [-0.15, -0.1) is 0 Å². The lowest BCUT2D eigenvalue weighted by Crippen LogP contribution is -2.30. The average Bonchev–Trinajstić information content (AvgIpc) is 2.84. The Morgan fingerprint density at radius 1 is 0.727 bits per heavy atom. The van der Waals surface area contributed by atoms with Gasteiger partial charge in [0.15, 0.2) is 0 Å². The minimum absolute atomic E-state index is 0.204. The van der Waals surface area contributed by atoms with Gasteiger partial charge < -0.3 is 0 Å². The van der Waals surface area contributed by atoms with Gasteiger partial charge in [-0.3, -0.25) is 9.30 Å². The highest BCUT2D eigenvalue weighted by molar-refractivity contribution is 7.92. The van der Waals surface area contributed by atoms with E-state index in [0.717, 1.165) is 5.56 Å². The molecule has 0 heterocycles. The largest absolute Gasteiger partial charge is 0.264 e. The lowest BCUT2D eigenvalue weighted by molar-refractivity contribution is 0.590. The second kappa shape index (κ2) is 10.2. The summed E-state index contributed by atoms with van der Waals surface area (Å²) in [4.78, 5) is 4.67. The van der Waals surface area contributed by atoms with Crippen LogP contribution >= 0.6 is 23.2 Å². The summed E-state index contributed by atoms with van der Waals surface area (Å²) >= 11 is 12.4. The number of aliphatic imine (C=N–C) groups is 1. The van der Waals surface area contributed by atoms with Crippen LogP contribution in [0.15, 0.2) is 113 Å². The Balaban J connectivity index is 1.67. The van der Waals surface area contributed by atoms with Crippen LogP contribution in [0, 0.1) is 0 Å². The Morgan fingerprint density at radius 3 is 1.91 bits per heavy atom. The fourth-order valence-electron chi connectivity index (χ4n) is 3.26. The normalized spacial score (nSPS) is 11.6. The van der Waals surface area contributed by atoms with Gasteiger partial charge in [-0.25, -0.2) is 8.42 Å². The van der Waals surface area contributed by atoms with Gasteiger partial charge in [-0.05, 0) is 54.1 Å². The maximum absolute atomic E-state index is 13.5. The first-order chi connectivity index (χ1) is 15.9. The molecular weight excluding hydrogens is 475 g/mol. The SMILES string of the molecule is O=S(=O)(c1ccccc1)N(Cc1ccccc1)c1ccc(N=Cc2c(Cl)cccc2Cl)cc1. The molecule has 0 amide bonds. The van der Waals surface area contributed by atoms with E-state index in [9.17, 15) is 8.42 Å². The van der Waals surface area contributed by atoms with E-state index in [2.05, 4.69) is 4.99 Å². The Morgan fingerprint density at radius 2 is 1.30 bits per heavy atom. The van der Waals surface area contributed by atoms with Crippen molar-refractivity contribution in [2.24, 2.45) is 4.99 Å². The maximum Gasteiger partial charge on any atom is 0.264 e. The van der Waals surface area contributed by atoms with Crippen LogP contribution in [0.5, 0.6) is 0 Å². The van der Waals surface area contributed by atoms with Gasteiger partial charge in [0.05, 0.1) is 32.9 Å². The molecule has 0 bridgehead atoms. The summed E-state index contributed by atoms with van der Waals surface area (Å²) in [5.74, 6) is 0. The molecule has 0 saturated heterocycles. The maximum atomic E-state index is 13.5. The van der Waals surface area contributed by atoms with Crippen molar-refractivity contribution in [2.45, 2.75) is 11.4 Å². The zero-order valence-corrected chi connectivity index (χ0v) is 19.8. The van der Waals surface area contributed by atoms with E-state index in [1.54, 1.807) is 79.0 Å². The van der Waals surface area contributed by atoms with Crippen LogP contribution in [-0.2, 0) is 16.6 Å². The third-order valence-corrected chi connectivity index (χ3v) is 7.43. The van der Waals surface area contributed by atoms with E-state index in [1.165, 1.54) is 4.31 Å². The second-order valence-corrected chi connectivity index (χ2v) is 9.90. The van der Waals surface area contributed by atoms with Gasteiger partial charge in [-0.1, -0.05) is 77.8 Å². The van der Waals surface area contributed by atoms with E-state index >= 15 is 0 Å². The molecule has 0 radical (unpaired) electrons. The molecular formula is C26H20Cl2N2O2S. The van der Waals surface area contributed by atoms with E-state index in [0.29, 0.717) is 27.0 Å². The molecule has 0 unspecified atom stereocenters. The number of hydrogen-bond acceptors (Lipinski definition) is 3. The molecule has 4 aromatic rings. The van der Waals surface area contributed by atoms with Crippen LogP contribution in [0.25, 0.3) is 0 Å². The molecule has 0 atom stereocenters. The number of anilines is 1. The molecule has 7 heteroatoms. The van der Waals surface area contributed by atoms with Crippen molar-refractivity contribution in [3.8, 4) is 0 Å². The minimum atomic E-state index is -3.77. The van der Waals surface area contributed by atoms with Crippen LogP contribution in [0.1, 0.15) is 11.1 Å². The summed E-state index contributed by atoms with van der Waals surface area (Å²) in [5.41, 5.74) is 2.69. The fourth-order valence-corrected chi connectivity index (χ4v) is 5.23. The van der Waals surface area contributed by atoms with Crippen LogP contribution in [0.2, 0.25) is 10.0 Å². The summed E-state index contributed by atoms with van der Waals surface area (Å²) in [6.07, 6.45) is 1.60. The molecule has 0 aliphatic rings. The van der Waals surface area contributed by atoms with Crippen molar-refractivity contribution < 1.29 is 8.42 Å². The van der Waals surface area contributed by atoms with Gasteiger partial charge in [0, 0.05) is 11.8 Å². The molecule has 0 aliphatic carbocycles. The standard InChI is InChI=1S/C26H20Cl2N2O2S/c27-25-12-7-13-26(28)24(25)18-29-21-14-16-22(17-15-21)30(19-20-8-3-1-4-9-20)33(31,32)23-10-5-2-6-11-23/h1-18H,19H2. The molecule has 33 heavy (non-hydrogen) atoms. The van der Waals surface area contributed by atoms with Crippen molar-refractivity contribution >= 4 is 50.8 Å². The molecule has 166 valence electrons. The van der Waals surface area contributed by atoms with E-state index < -0.39 is 10.0 Å². The van der Waals surface area contributed by atoms with E-state index in [4.69, 9.17) is 23.2 Å². The molecule has 0 aromatic heterocycles. The molecule has 4 aromatic carbocycles. The first-order valence-corrected chi connectivity index (χ1v) is 12.3. The Kier molecular flexibility index (Phi) is 7.14. The quantitative estimate of drug-likeness (QED) is 0.256. The predicted molar refractivity (Wildman–Crippen MR) is 136 cm³/mol. The van der Waals surface area contributed by atoms with Crippen LogP contribution in [0.4, 0.5) is 11.4 Å². The monoisotopic (exact) mass is 494 g/mol. The topological polar surface area (TPSA) is 49.7 Å². The highest BCUT2D eigenvalue weighted by Gasteiger charge is 2.25. The average molecular weight is 495 g/mol. The minimum Gasteiger partial charge on any atom is -0.262 e. The van der Waals surface area contributed by atoms with Gasteiger partial charge in [0.1, 0.15) is 0 Å². The lowest BCUT2D eigenvalue weighted by atomic mass is 10.2. The summed E-state index contributed by atoms with van der Waals surface area (Å²) < 4.78 is 28.3. The molecule has 0 fully saturated rings. The number of benzene rings is 4. The summed E-state index contributed by atoms with van der Waals surface area (Å²) in [7, 11) is -3.77. The first kappa shape index (κ1) is 23.1. The molecule has 0 saturated carbocycles. The predicted octanol–water partition coefficient (Wildman–Crippen LogP) is 7.14. The molecule has 4 nitrogen and oxygen atoms in total. The van der Waals surface area contributed by atoms with Gasteiger partial charge in [0.2, 0.25) is 0 Å². The van der Waals surface area contributed by atoms with Crippen LogP contribution < -0.4 is 4.31 Å². The Bertz CT molecular complexity index is 1340. The zero-order chi connectivity index (χ0) is 23.3. The van der Waals surface area contributed by atoms with Gasteiger partial charge >= 0.3 is 0 Å². The molecule has 0 spiro atoms. The van der Waals surface area contributed by atoms with Gasteiger partial charge in [-0.2, -0.15) is 0 Å². The first-order valence-electron chi connectivity index (χ1n) is 10.1. The molecule has 4 rings (SSSR count). The lowest BCUT2D eigenvalue weighted by Gasteiger charge is -2.25.